The van der Waals surface area contributed by atoms with Crippen molar-refractivity contribution in [1.29, 1.82) is 0 Å². The van der Waals surface area contributed by atoms with Crippen molar-refractivity contribution in [2.24, 2.45) is 0 Å². The zero-order chi connectivity index (χ0) is 17.3. The number of ether oxygens (including phenoxy) is 1. The molecule has 1 aliphatic heterocycles. The second-order valence-electron chi connectivity index (χ2n) is 6.63. The largest absolute Gasteiger partial charge is 0.491 e. The summed E-state index contributed by atoms with van der Waals surface area (Å²) >= 11 is 0. The van der Waals surface area contributed by atoms with E-state index in [9.17, 15) is 0 Å². The molecule has 3 rings (SSSR count). The van der Waals surface area contributed by atoms with Crippen LogP contribution in [0.15, 0.2) is 54.6 Å². The Hall–Kier alpha value is -1.88. The number of benzene rings is 2. The van der Waals surface area contributed by atoms with E-state index in [1.807, 2.05) is 12.1 Å². The first-order valence-corrected chi connectivity index (χ1v) is 9.16. The number of nitrogens with one attached hydrogen (secondary N) is 1. The van der Waals surface area contributed by atoms with E-state index in [0.29, 0.717) is 12.6 Å². The highest BCUT2D eigenvalue weighted by Gasteiger charge is 2.18. The van der Waals surface area contributed by atoms with Crippen molar-refractivity contribution in [2.75, 3.05) is 26.3 Å². The summed E-state index contributed by atoms with van der Waals surface area (Å²) in [4.78, 5) is 2.54. The van der Waals surface area contributed by atoms with E-state index >= 15 is 0 Å². The van der Waals surface area contributed by atoms with Crippen molar-refractivity contribution in [3.05, 3.63) is 65.7 Å². The third kappa shape index (κ3) is 5.85. The molecule has 0 unspecified atom stereocenters. The van der Waals surface area contributed by atoms with Crippen LogP contribution in [0.25, 0.3) is 0 Å². The van der Waals surface area contributed by atoms with Gasteiger partial charge in [-0.3, -0.25) is 4.90 Å². The Balaban J connectivity index is 1.37. The molecular formula is C21H28N2O2. The molecule has 0 aromatic heterocycles. The molecule has 0 saturated carbocycles. The maximum absolute atomic E-state index is 8.77. The number of aliphatic hydroxyl groups excluding tert-OH is 1. The lowest BCUT2D eigenvalue weighted by Gasteiger charge is -2.32. The van der Waals surface area contributed by atoms with Crippen molar-refractivity contribution in [2.45, 2.75) is 32.0 Å². The fourth-order valence-electron chi connectivity index (χ4n) is 3.27. The molecule has 0 spiro atoms. The van der Waals surface area contributed by atoms with E-state index in [1.165, 1.54) is 24.0 Å². The molecule has 0 bridgehead atoms. The van der Waals surface area contributed by atoms with Crippen LogP contribution in [0, 0.1) is 0 Å². The molecule has 2 aromatic rings. The van der Waals surface area contributed by atoms with Gasteiger partial charge in [0.1, 0.15) is 12.4 Å². The molecule has 1 saturated heterocycles. The SMILES string of the molecule is OCCOc1ccc(CNC2CCN(Cc3ccccc3)CC2)cc1. The Labute approximate surface area is 150 Å². The Morgan fingerprint density at radius 3 is 2.36 bits per heavy atom. The predicted octanol–water partition coefficient (Wildman–Crippen LogP) is 2.81. The summed E-state index contributed by atoms with van der Waals surface area (Å²) in [5.41, 5.74) is 2.67. The van der Waals surface area contributed by atoms with Crippen LogP contribution < -0.4 is 10.1 Å². The van der Waals surface area contributed by atoms with Crippen molar-refractivity contribution >= 4 is 0 Å². The van der Waals surface area contributed by atoms with Gasteiger partial charge in [0.05, 0.1) is 6.61 Å². The van der Waals surface area contributed by atoms with Gasteiger partial charge in [-0.25, -0.2) is 0 Å². The summed E-state index contributed by atoms with van der Waals surface area (Å²) in [7, 11) is 0. The van der Waals surface area contributed by atoms with E-state index < -0.39 is 0 Å². The van der Waals surface area contributed by atoms with Gasteiger partial charge in [0, 0.05) is 19.1 Å². The summed E-state index contributed by atoms with van der Waals surface area (Å²) in [6.45, 7) is 4.65. The summed E-state index contributed by atoms with van der Waals surface area (Å²) in [5.74, 6) is 0.812. The highest BCUT2D eigenvalue weighted by molar-refractivity contribution is 5.27. The Kier molecular flexibility index (Phi) is 6.86. The van der Waals surface area contributed by atoms with Gasteiger partial charge in [0.15, 0.2) is 0 Å². The normalized spacial score (nSPS) is 16.0. The van der Waals surface area contributed by atoms with Crippen LogP contribution in [0.5, 0.6) is 5.75 Å². The van der Waals surface area contributed by atoms with Crippen LogP contribution in [0.1, 0.15) is 24.0 Å². The average molecular weight is 340 g/mol. The third-order valence-electron chi connectivity index (χ3n) is 4.71. The molecule has 2 aromatic carbocycles. The molecule has 0 radical (unpaired) electrons. The predicted molar refractivity (Wildman–Crippen MR) is 101 cm³/mol. The zero-order valence-corrected chi connectivity index (χ0v) is 14.7. The molecule has 0 aliphatic carbocycles. The quantitative estimate of drug-likeness (QED) is 0.776. The second kappa shape index (κ2) is 9.56. The van der Waals surface area contributed by atoms with Crippen molar-refractivity contribution < 1.29 is 9.84 Å². The lowest BCUT2D eigenvalue weighted by molar-refractivity contribution is 0.190. The number of aliphatic hydroxyl groups is 1. The van der Waals surface area contributed by atoms with Gasteiger partial charge in [-0.15, -0.1) is 0 Å². The van der Waals surface area contributed by atoms with Crippen LogP contribution in [-0.2, 0) is 13.1 Å². The van der Waals surface area contributed by atoms with Crippen molar-refractivity contribution in [3.63, 3.8) is 0 Å². The van der Waals surface area contributed by atoms with E-state index in [4.69, 9.17) is 9.84 Å². The molecule has 1 fully saturated rings. The molecule has 25 heavy (non-hydrogen) atoms. The second-order valence-corrected chi connectivity index (χ2v) is 6.63. The number of nitrogens with zero attached hydrogens (tertiary/aromatic N) is 1. The summed E-state index contributed by atoms with van der Waals surface area (Å²) in [6, 6.07) is 19.4. The Bertz CT molecular complexity index is 608. The van der Waals surface area contributed by atoms with E-state index in [1.54, 1.807) is 0 Å². The van der Waals surface area contributed by atoms with Crippen LogP contribution in [0.4, 0.5) is 0 Å². The van der Waals surface area contributed by atoms with E-state index in [0.717, 1.165) is 31.9 Å². The van der Waals surface area contributed by atoms with Crippen LogP contribution >= 0.6 is 0 Å². The number of hydrogen-bond acceptors (Lipinski definition) is 4. The zero-order valence-electron chi connectivity index (χ0n) is 14.7. The molecule has 1 aliphatic rings. The van der Waals surface area contributed by atoms with Gasteiger partial charge < -0.3 is 15.2 Å². The monoisotopic (exact) mass is 340 g/mol. The number of hydrogen-bond donors (Lipinski definition) is 2. The molecule has 0 atom stereocenters. The maximum atomic E-state index is 8.77. The van der Waals surface area contributed by atoms with Gasteiger partial charge in [0.25, 0.3) is 0 Å². The molecular weight excluding hydrogens is 312 g/mol. The average Bonchev–Trinajstić information content (AvgIpc) is 2.67. The molecule has 1 heterocycles. The number of piperidine rings is 1. The highest BCUT2D eigenvalue weighted by Crippen LogP contribution is 2.16. The minimum atomic E-state index is 0.0479. The van der Waals surface area contributed by atoms with Gasteiger partial charge in [-0.2, -0.15) is 0 Å². The molecule has 134 valence electrons. The minimum absolute atomic E-state index is 0.0479. The van der Waals surface area contributed by atoms with Crippen molar-refractivity contribution in [3.8, 4) is 5.75 Å². The van der Waals surface area contributed by atoms with Crippen LogP contribution in [0.3, 0.4) is 0 Å². The standard InChI is InChI=1S/C21H28N2O2/c24-14-15-25-21-8-6-18(7-9-21)16-22-20-10-12-23(13-11-20)17-19-4-2-1-3-5-19/h1-9,20,22,24H,10-17H2. The third-order valence-corrected chi connectivity index (χ3v) is 4.71. The number of likely N-dealkylation sites (tertiary alicyclic amines) is 1. The molecule has 0 amide bonds. The molecule has 2 N–H and O–H groups in total. The minimum Gasteiger partial charge on any atom is -0.491 e. The topological polar surface area (TPSA) is 44.7 Å². The van der Waals surface area contributed by atoms with Gasteiger partial charge in [0.2, 0.25) is 0 Å². The fraction of sp³-hybridized carbons (Fsp3) is 0.429. The highest BCUT2D eigenvalue weighted by atomic mass is 16.5. The first kappa shape index (κ1) is 17.9. The van der Waals surface area contributed by atoms with Crippen LogP contribution in [-0.4, -0.2) is 42.4 Å². The Morgan fingerprint density at radius 2 is 1.68 bits per heavy atom. The number of rotatable bonds is 8. The molecule has 4 nitrogen and oxygen atoms in total. The lowest BCUT2D eigenvalue weighted by atomic mass is 10.0. The van der Waals surface area contributed by atoms with Gasteiger partial charge in [-0.05, 0) is 49.2 Å². The van der Waals surface area contributed by atoms with Crippen molar-refractivity contribution in [1.82, 2.24) is 10.2 Å². The Morgan fingerprint density at radius 1 is 0.960 bits per heavy atom. The summed E-state index contributed by atoms with van der Waals surface area (Å²) in [5, 5.41) is 12.5. The first-order valence-electron chi connectivity index (χ1n) is 9.16. The van der Waals surface area contributed by atoms with Gasteiger partial charge >= 0.3 is 0 Å². The lowest BCUT2D eigenvalue weighted by Crippen LogP contribution is -2.41. The van der Waals surface area contributed by atoms with Gasteiger partial charge in [-0.1, -0.05) is 42.5 Å². The molecule has 4 heteroatoms. The van der Waals surface area contributed by atoms with Crippen LogP contribution in [0.2, 0.25) is 0 Å². The smallest absolute Gasteiger partial charge is 0.119 e. The fourth-order valence-corrected chi connectivity index (χ4v) is 3.27. The summed E-state index contributed by atoms with van der Waals surface area (Å²) in [6.07, 6.45) is 2.40. The first-order chi connectivity index (χ1) is 12.3. The van der Waals surface area contributed by atoms with E-state index in [-0.39, 0.29) is 6.61 Å². The maximum Gasteiger partial charge on any atom is 0.119 e. The van der Waals surface area contributed by atoms with E-state index in [2.05, 4.69) is 52.7 Å². The summed E-state index contributed by atoms with van der Waals surface area (Å²) < 4.78 is 5.39.